The number of rotatable bonds is 24. The molecule has 0 unspecified atom stereocenters. The number of nitrogens with zero attached hydrogens (tertiary/aromatic N) is 3. The van der Waals surface area contributed by atoms with E-state index < -0.39 is 0 Å². The smallest absolute Gasteiger partial charge is 0.122 e. The molecule has 420 valence electrons. The Morgan fingerprint density at radius 1 is 0.372 bits per heavy atom. The van der Waals surface area contributed by atoms with Crippen LogP contribution in [0.3, 0.4) is 0 Å². The third-order valence-corrected chi connectivity index (χ3v) is 15.5. The van der Waals surface area contributed by atoms with Crippen LogP contribution in [0.4, 0.5) is 0 Å². The number of β-amino-alcohol motifs (C(OH)–C–C–N with tert-alkyl or cyclic N) is 3. The summed E-state index contributed by atoms with van der Waals surface area (Å²) in [7, 11) is 11.3. The second kappa shape index (κ2) is 31.5. The van der Waals surface area contributed by atoms with Crippen molar-refractivity contribution in [3.8, 4) is 34.5 Å². The summed E-state index contributed by atoms with van der Waals surface area (Å²) in [4.78, 5) is 6.67. The monoisotopic (exact) mass is 1070 g/mol. The molecule has 0 aliphatic carbocycles. The first-order chi connectivity index (χ1) is 38.0. The number of likely N-dealkylation sites (N-methyl/N-ethyl adjacent to an activating group) is 3. The normalized spacial score (nSPS) is 20.3. The van der Waals surface area contributed by atoms with Crippen LogP contribution >= 0.6 is 0 Å². The maximum atomic E-state index is 9.75. The maximum absolute atomic E-state index is 9.75. The van der Waals surface area contributed by atoms with Gasteiger partial charge < -0.3 is 58.4 Å². The van der Waals surface area contributed by atoms with E-state index in [0.29, 0.717) is 37.9 Å². The molecule has 0 aromatic heterocycles. The molecule has 78 heavy (non-hydrogen) atoms. The summed E-state index contributed by atoms with van der Waals surface area (Å²) in [5.74, 6) is 5.60. The highest BCUT2D eigenvalue weighted by Crippen LogP contribution is 2.27. The highest BCUT2D eigenvalue weighted by atomic mass is 16.5. The minimum absolute atomic E-state index is 0.194. The van der Waals surface area contributed by atoms with Gasteiger partial charge in [-0.15, -0.1) is 0 Å². The van der Waals surface area contributed by atoms with E-state index in [1.54, 1.807) is 21.3 Å². The minimum Gasteiger partial charge on any atom is -0.497 e. The quantitative estimate of drug-likeness (QED) is 0.0535. The minimum atomic E-state index is -0.194. The molecule has 12 nitrogen and oxygen atoms in total. The van der Waals surface area contributed by atoms with Crippen molar-refractivity contribution in [1.82, 2.24) is 14.7 Å². The van der Waals surface area contributed by atoms with Gasteiger partial charge in [-0.1, -0.05) is 91.0 Å². The molecular formula is C66H87N3O9. The third-order valence-electron chi connectivity index (χ3n) is 15.5. The zero-order valence-corrected chi connectivity index (χ0v) is 47.2. The molecule has 9 rings (SSSR count). The number of aliphatic hydroxyl groups is 3. The molecule has 3 saturated heterocycles. The average molecular weight is 1070 g/mol. The molecule has 3 heterocycles. The third kappa shape index (κ3) is 19.1. The first-order valence-electron chi connectivity index (χ1n) is 28.1. The van der Waals surface area contributed by atoms with E-state index in [9.17, 15) is 15.3 Å². The van der Waals surface area contributed by atoms with Gasteiger partial charge in [0.2, 0.25) is 0 Å². The van der Waals surface area contributed by atoms with Crippen LogP contribution < -0.4 is 28.4 Å². The van der Waals surface area contributed by atoms with Crippen molar-refractivity contribution >= 4 is 0 Å². The molecule has 3 aliphatic rings. The van der Waals surface area contributed by atoms with Gasteiger partial charge in [0.25, 0.3) is 0 Å². The van der Waals surface area contributed by atoms with E-state index >= 15 is 0 Å². The number of hydrogen-bond donors (Lipinski definition) is 3. The van der Waals surface area contributed by atoms with Gasteiger partial charge in [0, 0.05) is 37.8 Å². The van der Waals surface area contributed by atoms with Crippen LogP contribution in [0.5, 0.6) is 34.5 Å². The van der Waals surface area contributed by atoms with Gasteiger partial charge in [0.15, 0.2) is 0 Å². The van der Waals surface area contributed by atoms with Crippen LogP contribution in [0, 0.1) is 0 Å². The highest BCUT2D eigenvalue weighted by molar-refractivity contribution is 5.38. The van der Waals surface area contributed by atoms with Crippen molar-refractivity contribution in [3.63, 3.8) is 0 Å². The molecule has 6 aromatic rings. The number of methoxy groups -OCH3 is 3. The molecule has 6 atom stereocenters. The number of ether oxygens (including phenoxy) is 6. The van der Waals surface area contributed by atoms with Gasteiger partial charge in [0.1, 0.15) is 34.5 Å². The number of aliphatic hydroxyl groups excluding tert-OH is 3. The van der Waals surface area contributed by atoms with E-state index in [-0.39, 0.29) is 18.3 Å². The van der Waals surface area contributed by atoms with E-state index in [4.69, 9.17) is 28.4 Å². The van der Waals surface area contributed by atoms with Crippen molar-refractivity contribution in [2.24, 2.45) is 0 Å². The predicted octanol–water partition coefficient (Wildman–Crippen LogP) is 9.94. The molecular weight excluding hydrogens is 979 g/mol. The van der Waals surface area contributed by atoms with Crippen LogP contribution in [-0.4, -0.2) is 148 Å². The van der Waals surface area contributed by atoms with Crippen LogP contribution in [0.15, 0.2) is 146 Å². The fourth-order valence-corrected chi connectivity index (χ4v) is 11.0. The largest absolute Gasteiger partial charge is 0.497 e. The molecule has 3 N–H and O–H groups in total. The van der Waals surface area contributed by atoms with Gasteiger partial charge in [-0.25, -0.2) is 0 Å². The number of likely N-dealkylation sites (tertiary alicyclic amines) is 3. The van der Waals surface area contributed by atoms with Crippen molar-refractivity contribution < 1.29 is 43.7 Å². The van der Waals surface area contributed by atoms with E-state index in [1.807, 2.05) is 72.8 Å². The number of benzene rings is 6. The molecule has 0 amide bonds. The van der Waals surface area contributed by atoms with Gasteiger partial charge in [-0.3, -0.25) is 0 Å². The Labute approximate surface area is 465 Å². The molecule has 6 aromatic carbocycles. The summed E-state index contributed by atoms with van der Waals surface area (Å²) in [5.41, 5.74) is 7.49. The van der Waals surface area contributed by atoms with Crippen molar-refractivity contribution in [2.75, 3.05) is 81.9 Å². The van der Waals surface area contributed by atoms with Crippen molar-refractivity contribution in [3.05, 3.63) is 179 Å². The molecule has 12 heteroatoms. The van der Waals surface area contributed by atoms with Gasteiger partial charge >= 0.3 is 0 Å². The second-order valence-electron chi connectivity index (χ2n) is 21.2. The summed E-state index contributed by atoms with van der Waals surface area (Å²) >= 11 is 0. The van der Waals surface area contributed by atoms with Crippen LogP contribution in [0.2, 0.25) is 0 Å². The topological polar surface area (TPSA) is 126 Å². The summed E-state index contributed by atoms with van der Waals surface area (Å²) in [6.45, 7) is 4.33. The van der Waals surface area contributed by atoms with E-state index in [1.165, 1.54) is 33.4 Å². The van der Waals surface area contributed by atoms with Crippen molar-refractivity contribution in [2.45, 2.75) is 113 Å². The average Bonchev–Trinajstić information content (AvgIpc) is 4.09. The number of hydrogen-bond acceptors (Lipinski definition) is 12. The van der Waals surface area contributed by atoms with Crippen LogP contribution in [0.25, 0.3) is 0 Å². The highest BCUT2D eigenvalue weighted by Gasteiger charge is 2.29. The molecule has 0 radical (unpaired) electrons. The summed E-state index contributed by atoms with van der Waals surface area (Å²) in [6.07, 6.45) is 10.4. The number of aryl methyl sites for hydroxylation is 6. The molecule has 0 bridgehead atoms. The molecule has 3 aliphatic heterocycles. The molecule has 3 fully saturated rings. The maximum Gasteiger partial charge on any atom is 0.122 e. The second-order valence-corrected chi connectivity index (χ2v) is 21.2. The van der Waals surface area contributed by atoms with Crippen LogP contribution in [-0.2, 0) is 38.5 Å². The Balaban J connectivity index is 0.000000170. The molecule has 0 saturated carbocycles. The number of para-hydroxylation sites is 3. The lowest BCUT2D eigenvalue weighted by Crippen LogP contribution is -2.26. The van der Waals surface area contributed by atoms with Gasteiger partial charge in [0.05, 0.1) is 59.5 Å². The first-order valence-corrected chi connectivity index (χ1v) is 28.1. The SMILES string of the molecule is COc1cccc(CCc2ccccc2OCC[C@@H]2C[C@@H](O)CN2C)c1.COc1cccc(CCc2ccccc2OCC[C@@H]2C[C@@H](O)CN2C)c1.COc1cccc(CCc2ccccc2OCC[C@@H]2C[C@@H](O)CN2C)c1. The lowest BCUT2D eigenvalue weighted by molar-refractivity contribution is 0.182. The summed E-state index contributed by atoms with van der Waals surface area (Å²) in [6, 6.07) is 50.7. The zero-order chi connectivity index (χ0) is 55.1. The zero-order valence-electron chi connectivity index (χ0n) is 47.2. The predicted molar refractivity (Wildman–Crippen MR) is 312 cm³/mol. The summed E-state index contributed by atoms with van der Waals surface area (Å²) in [5, 5.41) is 29.3. The standard InChI is InChI=1S/3C22H29NO3/c3*1-23-16-20(24)15-19(23)12-13-26-22-9-4-3-7-18(22)11-10-17-6-5-8-21(14-17)25-2/h3*3-9,14,19-20,24H,10-13,15-16H2,1-2H3/t3*19-,20-/m111/s1. The van der Waals surface area contributed by atoms with Gasteiger partial charge in [-0.2, -0.15) is 0 Å². The fourth-order valence-electron chi connectivity index (χ4n) is 11.0. The van der Waals surface area contributed by atoms with E-state index in [2.05, 4.69) is 109 Å². The Morgan fingerprint density at radius 2 is 0.654 bits per heavy atom. The Bertz CT molecular complexity index is 2400. The molecule has 0 spiro atoms. The summed E-state index contributed by atoms with van der Waals surface area (Å²) < 4.78 is 34.2. The Morgan fingerprint density at radius 3 is 0.910 bits per heavy atom. The lowest BCUT2D eigenvalue weighted by Gasteiger charge is -2.19. The first kappa shape index (κ1) is 59.5. The Hall–Kier alpha value is -6.12. The lowest BCUT2D eigenvalue weighted by atomic mass is 10.0. The van der Waals surface area contributed by atoms with E-state index in [0.717, 1.165) is 131 Å². The fraction of sp³-hybridized carbons (Fsp3) is 0.455. The van der Waals surface area contributed by atoms with Gasteiger partial charge in [-0.05, 0) is 186 Å². The van der Waals surface area contributed by atoms with Crippen LogP contribution in [0.1, 0.15) is 71.9 Å². The Kier molecular flexibility index (Phi) is 24.0. The van der Waals surface area contributed by atoms with Crippen molar-refractivity contribution in [1.29, 1.82) is 0 Å².